The van der Waals surface area contributed by atoms with Crippen molar-refractivity contribution >= 4 is 22.6 Å². The number of aromatic nitrogens is 2. The van der Waals surface area contributed by atoms with Gasteiger partial charge in [-0.2, -0.15) is 0 Å². The van der Waals surface area contributed by atoms with Crippen LogP contribution < -0.4 is 4.90 Å². The standard InChI is InChI=1S/C22H27N5O/c1-24(2)11-12-27-17-19(18-7-3-4-8-20(18)27)22(28)26-15-13-25(14-16-26)21-9-5-6-10-23-21/h3-10,17H,11-16H2,1-2H3. The molecule has 1 saturated heterocycles. The molecule has 1 aliphatic heterocycles. The first-order chi connectivity index (χ1) is 13.6. The van der Waals surface area contributed by atoms with Gasteiger partial charge in [-0.1, -0.05) is 24.3 Å². The van der Waals surface area contributed by atoms with Gasteiger partial charge in [0.05, 0.1) is 5.56 Å². The van der Waals surface area contributed by atoms with E-state index >= 15 is 0 Å². The molecule has 1 aliphatic rings. The highest BCUT2D eigenvalue weighted by Gasteiger charge is 2.25. The molecular formula is C22H27N5O. The Morgan fingerprint density at radius 3 is 2.50 bits per heavy atom. The van der Waals surface area contributed by atoms with Crippen molar-refractivity contribution in [2.45, 2.75) is 6.54 Å². The number of anilines is 1. The molecule has 1 amide bonds. The summed E-state index contributed by atoms with van der Waals surface area (Å²) < 4.78 is 2.20. The van der Waals surface area contributed by atoms with Crippen LogP contribution in [0.25, 0.3) is 10.9 Å². The normalized spacial score (nSPS) is 14.8. The summed E-state index contributed by atoms with van der Waals surface area (Å²) in [7, 11) is 4.14. The van der Waals surface area contributed by atoms with Crippen LogP contribution in [0.3, 0.4) is 0 Å². The van der Waals surface area contributed by atoms with Crippen molar-refractivity contribution in [1.29, 1.82) is 0 Å². The Morgan fingerprint density at radius 1 is 1.04 bits per heavy atom. The number of hydrogen-bond donors (Lipinski definition) is 0. The minimum absolute atomic E-state index is 0.125. The molecule has 0 unspecified atom stereocenters. The van der Waals surface area contributed by atoms with Gasteiger partial charge >= 0.3 is 0 Å². The van der Waals surface area contributed by atoms with E-state index in [-0.39, 0.29) is 5.91 Å². The van der Waals surface area contributed by atoms with Crippen LogP contribution in [0.4, 0.5) is 5.82 Å². The van der Waals surface area contributed by atoms with Crippen molar-refractivity contribution < 1.29 is 4.79 Å². The lowest BCUT2D eigenvalue weighted by molar-refractivity contribution is 0.0748. The second kappa shape index (κ2) is 8.02. The summed E-state index contributed by atoms with van der Waals surface area (Å²) in [5, 5.41) is 1.04. The van der Waals surface area contributed by atoms with Crippen molar-refractivity contribution in [3.8, 4) is 0 Å². The first-order valence-corrected chi connectivity index (χ1v) is 9.81. The molecule has 0 aliphatic carbocycles. The van der Waals surface area contributed by atoms with E-state index in [0.29, 0.717) is 13.1 Å². The van der Waals surface area contributed by atoms with E-state index < -0.39 is 0 Å². The van der Waals surface area contributed by atoms with Crippen LogP contribution in [0.2, 0.25) is 0 Å². The van der Waals surface area contributed by atoms with E-state index in [1.165, 1.54) is 0 Å². The van der Waals surface area contributed by atoms with Crippen LogP contribution in [0.15, 0.2) is 54.9 Å². The molecule has 1 aromatic carbocycles. The maximum atomic E-state index is 13.3. The van der Waals surface area contributed by atoms with E-state index in [2.05, 4.69) is 45.6 Å². The number of nitrogens with zero attached hydrogens (tertiary/aromatic N) is 5. The molecule has 1 fully saturated rings. The van der Waals surface area contributed by atoms with Crippen LogP contribution in [0.5, 0.6) is 0 Å². The fourth-order valence-corrected chi connectivity index (χ4v) is 3.76. The van der Waals surface area contributed by atoms with Crippen LogP contribution in [0, 0.1) is 0 Å². The molecule has 3 heterocycles. The summed E-state index contributed by atoms with van der Waals surface area (Å²) in [6.45, 7) is 4.85. The maximum absolute atomic E-state index is 13.3. The van der Waals surface area contributed by atoms with Crippen LogP contribution in [-0.2, 0) is 6.54 Å². The lowest BCUT2D eigenvalue weighted by Crippen LogP contribution is -2.49. The molecule has 3 aromatic rings. The Kier molecular flexibility index (Phi) is 5.30. The van der Waals surface area contributed by atoms with Gasteiger partial charge in [0, 0.05) is 62.6 Å². The summed E-state index contributed by atoms with van der Waals surface area (Å²) in [6.07, 6.45) is 3.84. The molecule has 4 rings (SSSR count). The maximum Gasteiger partial charge on any atom is 0.256 e. The third-order valence-electron chi connectivity index (χ3n) is 5.35. The number of fused-ring (bicyclic) bond motifs is 1. The Balaban J connectivity index is 1.51. The summed E-state index contributed by atoms with van der Waals surface area (Å²) in [5.74, 6) is 1.11. The predicted octanol–water partition coefficient (Wildman–Crippen LogP) is 2.56. The average Bonchev–Trinajstić information content (AvgIpc) is 3.11. The number of likely N-dealkylation sites (N-methyl/N-ethyl adjacent to an activating group) is 1. The first-order valence-electron chi connectivity index (χ1n) is 9.81. The number of para-hydroxylation sites is 1. The van der Waals surface area contributed by atoms with Crippen molar-refractivity contribution in [2.75, 3.05) is 51.7 Å². The highest BCUT2D eigenvalue weighted by molar-refractivity contribution is 6.07. The highest BCUT2D eigenvalue weighted by Crippen LogP contribution is 2.24. The average molecular weight is 377 g/mol. The number of benzene rings is 1. The molecule has 2 aromatic heterocycles. The number of hydrogen-bond acceptors (Lipinski definition) is 4. The highest BCUT2D eigenvalue weighted by atomic mass is 16.2. The zero-order valence-electron chi connectivity index (χ0n) is 16.6. The number of carbonyl (C=O) groups excluding carboxylic acids is 1. The smallest absolute Gasteiger partial charge is 0.256 e. The summed E-state index contributed by atoms with van der Waals surface area (Å²) in [4.78, 5) is 24.1. The summed E-state index contributed by atoms with van der Waals surface area (Å²) >= 11 is 0. The molecule has 6 heteroatoms. The minimum Gasteiger partial charge on any atom is -0.353 e. The number of amides is 1. The van der Waals surface area contributed by atoms with Crippen molar-refractivity contribution in [1.82, 2.24) is 19.4 Å². The van der Waals surface area contributed by atoms with Crippen molar-refractivity contribution in [3.63, 3.8) is 0 Å². The summed E-state index contributed by atoms with van der Waals surface area (Å²) in [6, 6.07) is 14.1. The number of rotatable bonds is 5. The van der Waals surface area contributed by atoms with Crippen LogP contribution >= 0.6 is 0 Å². The SMILES string of the molecule is CN(C)CCn1cc(C(=O)N2CCN(c3ccccn3)CC2)c2ccccc21. The Hall–Kier alpha value is -2.86. The second-order valence-electron chi connectivity index (χ2n) is 7.52. The molecule has 28 heavy (non-hydrogen) atoms. The van der Waals surface area contributed by atoms with E-state index in [1.807, 2.05) is 47.6 Å². The lowest BCUT2D eigenvalue weighted by Gasteiger charge is -2.35. The third kappa shape index (κ3) is 3.73. The molecule has 0 atom stereocenters. The lowest BCUT2D eigenvalue weighted by atomic mass is 10.1. The van der Waals surface area contributed by atoms with Gasteiger partial charge in [-0.3, -0.25) is 4.79 Å². The number of pyridine rings is 1. The van der Waals surface area contributed by atoms with Gasteiger partial charge in [0.1, 0.15) is 5.82 Å². The van der Waals surface area contributed by atoms with E-state index in [0.717, 1.165) is 48.5 Å². The molecular weight excluding hydrogens is 350 g/mol. The van der Waals surface area contributed by atoms with Crippen molar-refractivity contribution in [3.05, 3.63) is 60.4 Å². The van der Waals surface area contributed by atoms with Gasteiger partial charge in [0.25, 0.3) is 5.91 Å². The largest absolute Gasteiger partial charge is 0.353 e. The van der Waals surface area contributed by atoms with E-state index in [9.17, 15) is 4.79 Å². The predicted molar refractivity (Wildman–Crippen MR) is 113 cm³/mol. The van der Waals surface area contributed by atoms with Crippen molar-refractivity contribution in [2.24, 2.45) is 0 Å². The minimum atomic E-state index is 0.125. The summed E-state index contributed by atoms with van der Waals surface area (Å²) in [5.41, 5.74) is 1.93. The molecule has 0 saturated carbocycles. The monoisotopic (exact) mass is 377 g/mol. The number of carbonyl (C=O) groups is 1. The fraction of sp³-hybridized carbons (Fsp3) is 0.364. The first kappa shape index (κ1) is 18.5. The topological polar surface area (TPSA) is 44.6 Å². The number of piperazine rings is 1. The molecule has 0 N–H and O–H groups in total. The molecule has 0 bridgehead atoms. The Morgan fingerprint density at radius 2 is 1.79 bits per heavy atom. The van der Waals surface area contributed by atoms with Gasteiger partial charge in [-0.05, 0) is 32.3 Å². The molecule has 0 spiro atoms. The van der Waals surface area contributed by atoms with E-state index in [1.54, 1.807) is 0 Å². The molecule has 146 valence electrons. The molecule has 0 radical (unpaired) electrons. The van der Waals surface area contributed by atoms with Gasteiger partial charge in [-0.15, -0.1) is 0 Å². The van der Waals surface area contributed by atoms with Gasteiger partial charge in [0.2, 0.25) is 0 Å². The van der Waals surface area contributed by atoms with Gasteiger partial charge < -0.3 is 19.3 Å². The second-order valence-corrected chi connectivity index (χ2v) is 7.52. The Labute approximate surface area is 166 Å². The zero-order valence-corrected chi connectivity index (χ0v) is 16.6. The van der Waals surface area contributed by atoms with E-state index in [4.69, 9.17) is 0 Å². The van der Waals surface area contributed by atoms with Gasteiger partial charge in [0.15, 0.2) is 0 Å². The Bertz CT molecular complexity index is 942. The quantitative estimate of drug-likeness (QED) is 0.686. The van der Waals surface area contributed by atoms with Gasteiger partial charge in [-0.25, -0.2) is 4.98 Å². The zero-order chi connectivity index (χ0) is 19.5. The molecule has 6 nitrogen and oxygen atoms in total. The van der Waals surface area contributed by atoms with Crippen LogP contribution in [0.1, 0.15) is 10.4 Å². The third-order valence-corrected chi connectivity index (χ3v) is 5.35. The van der Waals surface area contributed by atoms with Crippen LogP contribution in [-0.4, -0.2) is 72.1 Å². The fourth-order valence-electron chi connectivity index (χ4n) is 3.76.